The molecular weight excluding hydrogens is 350 g/mol. The number of fused-ring (bicyclic) bond motifs is 2. The summed E-state index contributed by atoms with van der Waals surface area (Å²) in [5.41, 5.74) is 0. The van der Waals surface area contributed by atoms with E-state index in [1.165, 1.54) is 0 Å². The molecule has 0 saturated carbocycles. The molecule has 2 bridgehead atoms. The fourth-order valence-electron chi connectivity index (χ4n) is 1.43. The summed E-state index contributed by atoms with van der Waals surface area (Å²) in [6.07, 6.45) is 5.38. The second kappa shape index (κ2) is 3.01. The van der Waals surface area contributed by atoms with Gasteiger partial charge in [0, 0.05) is 43.0 Å². The first-order valence-electron chi connectivity index (χ1n) is 3.02. The minimum Gasteiger partial charge on any atom is -0.0872 e. The van der Waals surface area contributed by atoms with Gasteiger partial charge in [0.25, 0.3) is 0 Å². The topological polar surface area (TPSA) is 0 Å². The van der Waals surface area contributed by atoms with Crippen molar-refractivity contribution in [3.63, 3.8) is 0 Å². The summed E-state index contributed by atoms with van der Waals surface area (Å²) in [4.78, 5) is 0. The fraction of sp³-hybridized carbons (Fsp3) is 0.429. The van der Waals surface area contributed by atoms with Crippen LogP contribution in [0, 0.1) is 11.8 Å². The quantitative estimate of drug-likeness (QED) is 0.586. The molecule has 0 radical (unpaired) electrons. The van der Waals surface area contributed by atoms with Crippen LogP contribution in [0.4, 0.5) is 0 Å². The van der Waals surface area contributed by atoms with E-state index in [0.29, 0.717) is 11.8 Å². The molecule has 0 amide bonds. The summed E-state index contributed by atoms with van der Waals surface area (Å²) in [6.45, 7) is 0. The predicted octanol–water partition coefficient (Wildman–Crippen LogP) is 2.88. The zero-order chi connectivity index (χ0) is 6.43. The van der Waals surface area contributed by atoms with Gasteiger partial charge in [0.15, 0.2) is 0 Å². The molecule has 0 fully saturated rings. The van der Waals surface area contributed by atoms with Crippen LogP contribution in [0.5, 0.6) is 0 Å². The molecule has 2 aliphatic rings. The monoisotopic (exact) mass is 355 g/mol. The molecule has 0 aromatic carbocycles. The van der Waals surface area contributed by atoms with Crippen molar-refractivity contribution < 1.29 is 21.1 Å². The zero-order valence-electron chi connectivity index (χ0n) is 5.09. The van der Waals surface area contributed by atoms with Gasteiger partial charge in [-0.15, -0.1) is 0 Å². The molecular formula is C7H6Cl2Pt. The summed E-state index contributed by atoms with van der Waals surface area (Å²) in [5.74, 6) is 0.897. The second-order valence-corrected chi connectivity index (χ2v) is 3.34. The summed E-state index contributed by atoms with van der Waals surface area (Å²) >= 11 is 11.7. The third-order valence-corrected chi connectivity index (χ3v) is 3.03. The maximum Gasteiger partial charge on any atom is 0.0400 e. The molecule has 0 saturated heterocycles. The normalized spacial score (nSPS) is 35.0. The molecule has 2 rings (SSSR count). The van der Waals surface area contributed by atoms with Crippen LogP contribution >= 0.6 is 23.2 Å². The van der Waals surface area contributed by atoms with E-state index in [-0.39, 0.29) is 21.1 Å². The van der Waals surface area contributed by atoms with Gasteiger partial charge in [0.1, 0.15) is 0 Å². The molecule has 2 atom stereocenters. The average molecular weight is 356 g/mol. The molecule has 0 aromatic heterocycles. The number of allylic oxidation sites excluding steroid dienone is 4. The summed E-state index contributed by atoms with van der Waals surface area (Å²) in [5, 5.41) is 1.73. The third-order valence-electron chi connectivity index (χ3n) is 1.96. The van der Waals surface area contributed by atoms with E-state index in [9.17, 15) is 0 Å². The van der Waals surface area contributed by atoms with Gasteiger partial charge in [-0.1, -0.05) is 35.4 Å². The van der Waals surface area contributed by atoms with Crippen molar-refractivity contribution in [2.75, 3.05) is 0 Å². The first-order valence-corrected chi connectivity index (χ1v) is 3.78. The Morgan fingerprint density at radius 1 is 1.10 bits per heavy atom. The van der Waals surface area contributed by atoms with Crippen LogP contribution < -0.4 is 0 Å². The van der Waals surface area contributed by atoms with Crippen molar-refractivity contribution >= 4 is 23.2 Å². The van der Waals surface area contributed by atoms with Crippen LogP contribution in [-0.4, -0.2) is 0 Å². The van der Waals surface area contributed by atoms with Gasteiger partial charge in [0.05, 0.1) is 0 Å². The fourth-order valence-corrected chi connectivity index (χ4v) is 2.03. The Hall–Kier alpha value is 0.748. The summed E-state index contributed by atoms with van der Waals surface area (Å²) < 4.78 is 0. The first-order chi connectivity index (χ1) is 4.29. The molecule has 0 heterocycles. The van der Waals surface area contributed by atoms with Gasteiger partial charge in [-0.3, -0.25) is 0 Å². The molecule has 0 aliphatic heterocycles. The molecule has 2 unspecified atom stereocenters. The zero-order valence-corrected chi connectivity index (χ0v) is 8.87. The van der Waals surface area contributed by atoms with Crippen LogP contribution in [-0.2, 0) is 21.1 Å². The SMILES string of the molecule is ClC1=C(Cl)C2C=CC1C2.[Pt]. The minimum atomic E-state index is 0. The van der Waals surface area contributed by atoms with E-state index in [1.807, 2.05) is 0 Å². The molecule has 0 nitrogen and oxygen atoms in total. The largest absolute Gasteiger partial charge is 0.0872 e. The van der Waals surface area contributed by atoms with E-state index in [1.54, 1.807) is 0 Å². The molecule has 58 valence electrons. The third kappa shape index (κ3) is 1.11. The van der Waals surface area contributed by atoms with Crippen LogP contribution in [0.15, 0.2) is 22.2 Å². The number of halogens is 2. The van der Waals surface area contributed by atoms with Crippen molar-refractivity contribution in [1.82, 2.24) is 0 Å². The molecule has 2 aliphatic carbocycles. The van der Waals surface area contributed by atoms with E-state index in [0.717, 1.165) is 16.5 Å². The van der Waals surface area contributed by atoms with Gasteiger partial charge >= 0.3 is 0 Å². The molecule has 3 heteroatoms. The van der Waals surface area contributed by atoms with Gasteiger partial charge < -0.3 is 0 Å². The van der Waals surface area contributed by atoms with Crippen LogP contribution in [0.1, 0.15) is 6.42 Å². The molecule has 0 N–H and O–H groups in total. The molecule has 0 spiro atoms. The summed E-state index contributed by atoms with van der Waals surface area (Å²) in [7, 11) is 0. The van der Waals surface area contributed by atoms with Crippen molar-refractivity contribution in [3.8, 4) is 0 Å². The number of hydrogen-bond donors (Lipinski definition) is 0. The van der Waals surface area contributed by atoms with Gasteiger partial charge in [-0.2, -0.15) is 0 Å². The van der Waals surface area contributed by atoms with Gasteiger partial charge in [-0.05, 0) is 6.42 Å². The van der Waals surface area contributed by atoms with Crippen LogP contribution in [0.2, 0.25) is 0 Å². The Labute approximate surface area is 84.5 Å². The molecule has 0 aromatic rings. The number of rotatable bonds is 0. The standard InChI is InChI=1S/C7H6Cl2.Pt/c8-6-4-1-2-5(3-4)7(6)9;/h1-2,4-5H,3H2;. The maximum absolute atomic E-state index is 5.86. The van der Waals surface area contributed by atoms with Gasteiger partial charge in [0.2, 0.25) is 0 Å². The average Bonchev–Trinajstić information content (AvgIpc) is 2.37. The molecule has 10 heavy (non-hydrogen) atoms. The van der Waals surface area contributed by atoms with E-state index < -0.39 is 0 Å². The summed E-state index contributed by atoms with van der Waals surface area (Å²) in [6, 6.07) is 0. The van der Waals surface area contributed by atoms with E-state index in [2.05, 4.69) is 12.2 Å². The van der Waals surface area contributed by atoms with Crippen molar-refractivity contribution in [1.29, 1.82) is 0 Å². The Morgan fingerprint density at radius 2 is 1.50 bits per heavy atom. The van der Waals surface area contributed by atoms with Crippen LogP contribution in [0.3, 0.4) is 0 Å². The van der Waals surface area contributed by atoms with Crippen molar-refractivity contribution in [3.05, 3.63) is 22.2 Å². The van der Waals surface area contributed by atoms with E-state index in [4.69, 9.17) is 23.2 Å². The Bertz CT molecular complexity index is 188. The van der Waals surface area contributed by atoms with Crippen molar-refractivity contribution in [2.24, 2.45) is 11.8 Å². The Kier molecular flexibility index (Phi) is 2.66. The minimum absolute atomic E-state index is 0. The van der Waals surface area contributed by atoms with E-state index >= 15 is 0 Å². The van der Waals surface area contributed by atoms with Crippen LogP contribution in [0.25, 0.3) is 0 Å². The maximum atomic E-state index is 5.86. The smallest absolute Gasteiger partial charge is 0.0400 e. The Morgan fingerprint density at radius 3 is 1.70 bits per heavy atom. The Balaban J connectivity index is 0.000000500. The van der Waals surface area contributed by atoms with Gasteiger partial charge in [-0.25, -0.2) is 0 Å². The second-order valence-electron chi connectivity index (χ2n) is 2.53. The van der Waals surface area contributed by atoms with Crippen molar-refractivity contribution in [2.45, 2.75) is 6.42 Å². The first kappa shape index (κ1) is 8.84. The number of hydrogen-bond acceptors (Lipinski definition) is 0. The predicted molar refractivity (Wildman–Crippen MR) is 39.5 cm³/mol.